The summed E-state index contributed by atoms with van der Waals surface area (Å²) in [6, 6.07) is 10.8. The van der Waals surface area contributed by atoms with Crippen LogP contribution >= 0.6 is 11.8 Å². The Hall–Kier alpha value is -2.67. The van der Waals surface area contributed by atoms with E-state index >= 15 is 0 Å². The summed E-state index contributed by atoms with van der Waals surface area (Å²) in [5.41, 5.74) is 1.08. The summed E-state index contributed by atoms with van der Waals surface area (Å²) < 4.78 is 1.51. The molecule has 6 nitrogen and oxygen atoms in total. The number of carbonyl (C=O) groups is 1. The van der Waals surface area contributed by atoms with Crippen LogP contribution in [0.3, 0.4) is 0 Å². The first-order chi connectivity index (χ1) is 12.7. The molecule has 7 heteroatoms. The Bertz CT molecular complexity index is 957. The van der Waals surface area contributed by atoms with E-state index in [9.17, 15) is 9.59 Å². The third-order valence-corrected chi connectivity index (χ3v) is 4.77. The first-order valence-electron chi connectivity index (χ1n) is 8.52. The van der Waals surface area contributed by atoms with E-state index in [2.05, 4.69) is 22.2 Å². The maximum absolute atomic E-state index is 13.0. The molecule has 0 aliphatic heterocycles. The van der Waals surface area contributed by atoms with Crippen LogP contribution in [0, 0.1) is 0 Å². The van der Waals surface area contributed by atoms with Gasteiger partial charge in [0.1, 0.15) is 0 Å². The molecule has 26 heavy (non-hydrogen) atoms. The number of nitrogens with zero attached hydrogens (tertiary/aromatic N) is 3. The number of benzene rings is 1. The van der Waals surface area contributed by atoms with Crippen LogP contribution in [0.25, 0.3) is 16.6 Å². The van der Waals surface area contributed by atoms with Crippen LogP contribution in [0.4, 0.5) is 0 Å². The standard InChI is InChI=1S/C19H20N4O2S/c1-2-3-11-21-17(24)13-26-19-22-16-9-5-4-8-15(16)18(25)23(19)14-7-6-10-20-12-14/h4-10,12H,2-3,11,13H2,1H3,(H,21,24). The van der Waals surface area contributed by atoms with Gasteiger partial charge < -0.3 is 5.32 Å². The van der Waals surface area contributed by atoms with Gasteiger partial charge in [-0.2, -0.15) is 0 Å². The highest BCUT2D eigenvalue weighted by Crippen LogP contribution is 2.20. The van der Waals surface area contributed by atoms with Crippen molar-refractivity contribution in [3.63, 3.8) is 0 Å². The average Bonchev–Trinajstić information content (AvgIpc) is 2.67. The molecule has 2 aromatic heterocycles. The molecule has 0 radical (unpaired) electrons. The van der Waals surface area contributed by atoms with E-state index in [1.165, 1.54) is 16.3 Å². The van der Waals surface area contributed by atoms with Crippen molar-refractivity contribution in [3.8, 4) is 5.69 Å². The molecule has 1 N–H and O–H groups in total. The van der Waals surface area contributed by atoms with E-state index < -0.39 is 0 Å². The van der Waals surface area contributed by atoms with Gasteiger partial charge in [0.2, 0.25) is 5.91 Å². The fourth-order valence-electron chi connectivity index (χ4n) is 2.51. The number of thioether (sulfide) groups is 1. The number of pyridine rings is 1. The van der Waals surface area contributed by atoms with E-state index in [4.69, 9.17) is 0 Å². The second-order valence-electron chi connectivity index (χ2n) is 5.76. The van der Waals surface area contributed by atoms with Crippen LogP contribution in [-0.4, -0.2) is 32.7 Å². The lowest BCUT2D eigenvalue weighted by Gasteiger charge is -2.12. The highest BCUT2D eigenvalue weighted by atomic mass is 32.2. The zero-order chi connectivity index (χ0) is 18.4. The number of para-hydroxylation sites is 1. The number of hydrogen-bond acceptors (Lipinski definition) is 5. The Morgan fingerprint density at radius 3 is 2.85 bits per heavy atom. The highest BCUT2D eigenvalue weighted by Gasteiger charge is 2.14. The summed E-state index contributed by atoms with van der Waals surface area (Å²) in [5, 5.41) is 3.89. The van der Waals surface area contributed by atoms with E-state index in [1.54, 1.807) is 36.7 Å². The van der Waals surface area contributed by atoms with Gasteiger partial charge in [-0.15, -0.1) is 0 Å². The molecule has 0 aliphatic rings. The van der Waals surface area contributed by atoms with Gasteiger partial charge in [0, 0.05) is 12.7 Å². The van der Waals surface area contributed by atoms with E-state index in [0.29, 0.717) is 28.3 Å². The van der Waals surface area contributed by atoms with Crippen LogP contribution in [-0.2, 0) is 4.79 Å². The molecule has 1 aromatic carbocycles. The van der Waals surface area contributed by atoms with Crippen LogP contribution in [0.15, 0.2) is 58.7 Å². The predicted octanol–water partition coefficient (Wildman–Crippen LogP) is 2.79. The van der Waals surface area contributed by atoms with Gasteiger partial charge in [-0.25, -0.2) is 4.98 Å². The number of hydrogen-bond donors (Lipinski definition) is 1. The average molecular weight is 368 g/mol. The minimum absolute atomic E-state index is 0.0661. The molecule has 134 valence electrons. The third kappa shape index (κ3) is 4.11. The molecule has 0 saturated carbocycles. The number of fused-ring (bicyclic) bond motifs is 1. The van der Waals surface area contributed by atoms with Crippen molar-refractivity contribution >= 4 is 28.6 Å². The first kappa shape index (κ1) is 18.1. The van der Waals surface area contributed by atoms with Gasteiger partial charge >= 0.3 is 0 Å². The third-order valence-electron chi connectivity index (χ3n) is 3.83. The zero-order valence-electron chi connectivity index (χ0n) is 14.5. The molecule has 0 saturated heterocycles. The maximum Gasteiger partial charge on any atom is 0.266 e. The van der Waals surface area contributed by atoms with Crippen molar-refractivity contribution in [2.24, 2.45) is 0 Å². The molecule has 0 bridgehead atoms. The molecule has 3 rings (SSSR count). The fourth-order valence-corrected chi connectivity index (χ4v) is 3.35. The summed E-state index contributed by atoms with van der Waals surface area (Å²) in [7, 11) is 0. The van der Waals surface area contributed by atoms with Crippen molar-refractivity contribution in [1.82, 2.24) is 19.9 Å². The van der Waals surface area contributed by atoms with Gasteiger partial charge in [0.25, 0.3) is 5.56 Å². The smallest absolute Gasteiger partial charge is 0.266 e. The monoisotopic (exact) mass is 368 g/mol. The Balaban J connectivity index is 1.95. The van der Waals surface area contributed by atoms with Gasteiger partial charge in [0.15, 0.2) is 5.16 Å². The van der Waals surface area contributed by atoms with Gasteiger partial charge in [-0.1, -0.05) is 37.2 Å². The zero-order valence-corrected chi connectivity index (χ0v) is 15.3. The van der Waals surface area contributed by atoms with E-state index in [1.807, 2.05) is 12.1 Å². The van der Waals surface area contributed by atoms with Gasteiger partial charge in [-0.3, -0.25) is 19.1 Å². The lowest BCUT2D eigenvalue weighted by Crippen LogP contribution is -2.27. The number of carbonyl (C=O) groups excluding carboxylic acids is 1. The Labute approximate surface area is 155 Å². The molecular formula is C19H20N4O2S. The summed E-state index contributed by atoms with van der Waals surface area (Å²) in [4.78, 5) is 33.7. The Morgan fingerprint density at radius 1 is 1.23 bits per heavy atom. The number of aromatic nitrogens is 3. The quantitative estimate of drug-likeness (QED) is 0.394. The van der Waals surface area contributed by atoms with Crippen LogP contribution in [0.1, 0.15) is 19.8 Å². The number of rotatable bonds is 7. The van der Waals surface area contributed by atoms with Crippen molar-refractivity contribution in [2.45, 2.75) is 24.9 Å². The molecule has 0 unspecified atom stereocenters. The van der Waals surface area contributed by atoms with Crippen LogP contribution in [0.2, 0.25) is 0 Å². The highest BCUT2D eigenvalue weighted by molar-refractivity contribution is 7.99. The van der Waals surface area contributed by atoms with Crippen molar-refractivity contribution in [1.29, 1.82) is 0 Å². The van der Waals surface area contributed by atoms with Crippen LogP contribution < -0.4 is 10.9 Å². The van der Waals surface area contributed by atoms with Crippen LogP contribution in [0.5, 0.6) is 0 Å². The summed E-state index contributed by atoms with van der Waals surface area (Å²) in [5.74, 6) is 0.137. The molecule has 3 aromatic rings. The van der Waals surface area contributed by atoms with Crippen molar-refractivity contribution in [2.75, 3.05) is 12.3 Å². The maximum atomic E-state index is 13.0. The second kappa shape index (κ2) is 8.62. The molecule has 0 spiro atoms. The van der Waals surface area contributed by atoms with E-state index in [0.717, 1.165) is 12.8 Å². The topological polar surface area (TPSA) is 76.9 Å². The molecule has 0 fully saturated rings. The Kier molecular flexibility index (Phi) is 6.01. The molecule has 1 amide bonds. The normalized spacial score (nSPS) is 10.8. The summed E-state index contributed by atoms with van der Waals surface area (Å²) >= 11 is 1.25. The molecule has 0 atom stereocenters. The van der Waals surface area contributed by atoms with Crippen molar-refractivity contribution in [3.05, 3.63) is 59.1 Å². The molecule has 0 aliphatic carbocycles. The molecule has 2 heterocycles. The number of amides is 1. The lowest BCUT2D eigenvalue weighted by molar-refractivity contribution is -0.118. The second-order valence-corrected chi connectivity index (χ2v) is 6.70. The minimum atomic E-state index is -0.169. The number of nitrogens with one attached hydrogen (secondary N) is 1. The van der Waals surface area contributed by atoms with Gasteiger partial charge in [0.05, 0.1) is 28.5 Å². The first-order valence-corrected chi connectivity index (χ1v) is 9.51. The van der Waals surface area contributed by atoms with Crippen molar-refractivity contribution < 1.29 is 4.79 Å². The lowest BCUT2D eigenvalue weighted by atomic mass is 10.2. The summed E-state index contributed by atoms with van der Waals surface area (Å²) in [6.07, 6.45) is 5.24. The SMILES string of the molecule is CCCCNC(=O)CSc1nc2ccccc2c(=O)n1-c1cccnc1. The summed E-state index contributed by atoms with van der Waals surface area (Å²) in [6.45, 7) is 2.74. The molecular weight excluding hydrogens is 348 g/mol. The fraction of sp³-hybridized carbons (Fsp3) is 0.263. The predicted molar refractivity (Wildman–Crippen MR) is 104 cm³/mol. The Morgan fingerprint density at radius 2 is 2.08 bits per heavy atom. The largest absolute Gasteiger partial charge is 0.355 e. The minimum Gasteiger partial charge on any atom is -0.355 e. The van der Waals surface area contributed by atoms with E-state index in [-0.39, 0.29) is 17.2 Å². The number of unbranched alkanes of at least 4 members (excludes halogenated alkanes) is 1. The van der Waals surface area contributed by atoms with Gasteiger partial charge in [-0.05, 0) is 30.7 Å².